The first-order chi connectivity index (χ1) is 10.2. The van der Waals surface area contributed by atoms with Gasteiger partial charge in [-0.15, -0.1) is 0 Å². The summed E-state index contributed by atoms with van der Waals surface area (Å²) >= 11 is 0. The molecule has 3 heteroatoms. The minimum absolute atomic E-state index is 0.167. The lowest BCUT2D eigenvalue weighted by Gasteiger charge is -2.41. The molecule has 3 unspecified atom stereocenters. The lowest BCUT2D eigenvalue weighted by atomic mass is 9.89. The molecule has 1 aliphatic rings. The number of likely N-dealkylation sites (tertiary alicyclic amines) is 1. The summed E-state index contributed by atoms with van der Waals surface area (Å²) in [6, 6.07) is 9.29. The summed E-state index contributed by atoms with van der Waals surface area (Å²) in [4.78, 5) is 2.54. The first-order valence-corrected chi connectivity index (χ1v) is 8.32. The maximum Gasteiger partial charge on any atom is 0.0499 e. The van der Waals surface area contributed by atoms with E-state index < -0.39 is 0 Å². The van der Waals surface area contributed by atoms with Crippen LogP contribution in [0, 0.1) is 12.8 Å². The summed E-state index contributed by atoms with van der Waals surface area (Å²) in [5.74, 6) is 0.612. The Labute approximate surface area is 129 Å². The third-order valence-electron chi connectivity index (χ3n) is 4.78. The average Bonchev–Trinajstić information content (AvgIpc) is 2.50. The number of nitrogens with two attached hydrogens (primary N) is 1. The average molecular weight is 290 g/mol. The van der Waals surface area contributed by atoms with Crippen LogP contribution in [-0.4, -0.2) is 35.7 Å². The predicted octanol–water partition coefficient (Wildman–Crippen LogP) is 2.87. The van der Waals surface area contributed by atoms with E-state index in [1.54, 1.807) is 0 Å². The molecule has 1 fully saturated rings. The van der Waals surface area contributed by atoms with Gasteiger partial charge in [0.25, 0.3) is 0 Å². The van der Waals surface area contributed by atoms with E-state index in [0.717, 1.165) is 25.9 Å². The van der Waals surface area contributed by atoms with E-state index in [0.29, 0.717) is 18.6 Å². The summed E-state index contributed by atoms with van der Waals surface area (Å²) in [6.45, 7) is 6.77. The second kappa shape index (κ2) is 7.92. The van der Waals surface area contributed by atoms with E-state index in [1.807, 2.05) is 0 Å². The molecule has 3 atom stereocenters. The number of hydrogen-bond donors (Lipinski definition) is 2. The molecule has 1 aliphatic heterocycles. The van der Waals surface area contributed by atoms with Gasteiger partial charge in [-0.2, -0.15) is 0 Å². The van der Waals surface area contributed by atoms with Gasteiger partial charge in [-0.3, -0.25) is 4.90 Å². The molecular formula is C18H30N2O. The van der Waals surface area contributed by atoms with Crippen LogP contribution in [0.2, 0.25) is 0 Å². The Bertz CT molecular complexity index is 416. The summed E-state index contributed by atoms with van der Waals surface area (Å²) in [6.07, 6.45) is 4.35. The molecule has 1 aromatic rings. The molecule has 0 spiro atoms. The standard InChI is InChI=1S/C18H30N2O/c1-3-17(19)18(16-8-6-14(2)7-9-16)20-11-4-5-15(13-20)10-12-21/h6-9,15,17-18,21H,3-5,10-13,19H2,1-2H3. The largest absolute Gasteiger partial charge is 0.396 e. The molecule has 1 saturated heterocycles. The highest BCUT2D eigenvalue weighted by atomic mass is 16.3. The molecule has 1 aromatic carbocycles. The molecule has 1 heterocycles. The van der Waals surface area contributed by atoms with Crippen LogP contribution in [0.25, 0.3) is 0 Å². The maximum atomic E-state index is 9.20. The number of aliphatic hydroxyl groups is 1. The van der Waals surface area contributed by atoms with Gasteiger partial charge in [-0.1, -0.05) is 36.8 Å². The molecule has 2 rings (SSSR count). The lowest BCUT2D eigenvalue weighted by Crippen LogP contribution is -2.45. The molecular weight excluding hydrogens is 260 g/mol. The fraction of sp³-hybridized carbons (Fsp3) is 0.667. The topological polar surface area (TPSA) is 49.5 Å². The molecule has 0 amide bonds. The minimum Gasteiger partial charge on any atom is -0.396 e. The smallest absolute Gasteiger partial charge is 0.0499 e. The van der Waals surface area contributed by atoms with E-state index in [2.05, 4.69) is 43.0 Å². The van der Waals surface area contributed by atoms with Crippen molar-refractivity contribution in [1.82, 2.24) is 4.90 Å². The fourth-order valence-electron chi connectivity index (χ4n) is 3.48. The van der Waals surface area contributed by atoms with Gasteiger partial charge in [0.1, 0.15) is 0 Å². The molecule has 21 heavy (non-hydrogen) atoms. The van der Waals surface area contributed by atoms with Gasteiger partial charge < -0.3 is 10.8 Å². The Balaban J connectivity index is 2.17. The van der Waals surface area contributed by atoms with Crippen LogP contribution in [0.3, 0.4) is 0 Å². The van der Waals surface area contributed by atoms with Gasteiger partial charge in [0, 0.05) is 25.2 Å². The third kappa shape index (κ3) is 4.29. The van der Waals surface area contributed by atoms with Crippen molar-refractivity contribution in [1.29, 1.82) is 0 Å². The highest BCUT2D eigenvalue weighted by Gasteiger charge is 2.29. The fourth-order valence-corrected chi connectivity index (χ4v) is 3.48. The Kier molecular flexibility index (Phi) is 6.22. The zero-order valence-corrected chi connectivity index (χ0v) is 13.5. The van der Waals surface area contributed by atoms with Crippen molar-refractivity contribution in [3.8, 4) is 0 Å². The van der Waals surface area contributed by atoms with E-state index in [4.69, 9.17) is 5.73 Å². The molecule has 3 nitrogen and oxygen atoms in total. The predicted molar refractivity (Wildman–Crippen MR) is 88.2 cm³/mol. The normalized spacial score (nSPS) is 23.0. The van der Waals surface area contributed by atoms with Gasteiger partial charge in [0.2, 0.25) is 0 Å². The number of benzene rings is 1. The van der Waals surface area contributed by atoms with E-state index in [9.17, 15) is 5.11 Å². The van der Waals surface area contributed by atoms with Crippen LogP contribution in [0.4, 0.5) is 0 Å². The molecule has 0 saturated carbocycles. The molecule has 0 radical (unpaired) electrons. The Hall–Kier alpha value is -0.900. The Morgan fingerprint density at radius 3 is 2.67 bits per heavy atom. The number of aryl methyl sites for hydroxylation is 1. The number of piperidine rings is 1. The first-order valence-electron chi connectivity index (χ1n) is 8.32. The van der Waals surface area contributed by atoms with Crippen molar-refractivity contribution in [2.75, 3.05) is 19.7 Å². The van der Waals surface area contributed by atoms with Crippen molar-refractivity contribution in [3.05, 3.63) is 35.4 Å². The summed E-state index contributed by atoms with van der Waals surface area (Å²) in [5, 5.41) is 9.20. The van der Waals surface area contributed by atoms with Crippen molar-refractivity contribution >= 4 is 0 Å². The number of rotatable bonds is 6. The van der Waals surface area contributed by atoms with Crippen molar-refractivity contribution in [2.24, 2.45) is 11.7 Å². The highest BCUT2D eigenvalue weighted by Crippen LogP contribution is 2.31. The van der Waals surface area contributed by atoms with Crippen LogP contribution >= 0.6 is 0 Å². The van der Waals surface area contributed by atoms with E-state index >= 15 is 0 Å². The van der Waals surface area contributed by atoms with E-state index in [1.165, 1.54) is 24.0 Å². The van der Waals surface area contributed by atoms with Crippen LogP contribution in [0.5, 0.6) is 0 Å². The first kappa shape index (κ1) is 16.5. The van der Waals surface area contributed by atoms with Crippen LogP contribution in [0.15, 0.2) is 24.3 Å². The second-order valence-electron chi connectivity index (χ2n) is 6.44. The molecule has 0 aliphatic carbocycles. The quantitative estimate of drug-likeness (QED) is 0.847. The highest BCUT2D eigenvalue weighted by molar-refractivity contribution is 5.25. The Morgan fingerprint density at radius 1 is 1.33 bits per heavy atom. The van der Waals surface area contributed by atoms with Crippen molar-refractivity contribution in [3.63, 3.8) is 0 Å². The van der Waals surface area contributed by atoms with Gasteiger partial charge in [0.05, 0.1) is 0 Å². The van der Waals surface area contributed by atoms with Crippen molar-refractivity contribution in [2.45, 2.75) is 51.6 Å². The SMILES string of the molecule is CCC(N)C(c1ccc(C)cc1)N1CCCC(CCO)C1. The molecule has 3 N–H and O–H groups in total. The van der Waals surface area contributed by atoms with E-state index in [-0.39, 0.29) is 6.04 Å². The summed E-state index contributed by atoms with van der Waals surface area (Å²) in [7, 11) is 0. The minimum atomic E-state index is 0.167. The molecule has 118 valence electrons. The van der Waals surface area contributed by atoms with Gasteiger partial charge in [0.15, 0.2) is 0 Å². The number of nitrogens with zero attached hydrogens (tertiary/aromatic N) is 1. The second-order valence-corrected chi connectivity index (χ2v) is 6.44. The van der Waals surface area contributed by atoms with Crippen LogP contribution in [0.1, 0.15) is 49.8 Å². The molecule has 0 bridgehead atoms. The zero-order valence-electron chi connectivity index (χ0n) is 13.5. The maximum absolute atomic E-state index is 9.20. The van der Waals surface area contributed by atoms with Gasteiger partial charge in [-0.25, -0.2) is 0 Å². The van der Waals surface area contributed by atoms with Crippen molar-refractivity contribution < 1.29 is 5.11 Å². The number of hydrogen-bond acceptors (Lipinski definition) is 3. The zero-order chi connectivity index (χ0) is 15.2. The Morgan fingerprint density at radius 2 is 2.05 bits per heavy atom. The summed E-state index contributed by atoms with van der Waals surface area (Å²) in [5.41, 5.74) is 9.07. The lowest BCUT2D eigenvalue weighted by molar-refractivity contribution is 0.0930. The summed E-state index contributed by atoms with van der Waals surface area (Å²) < 4.78 is 0. The van der Waals surface area contributed by atoms with Gasteiger partial charge >= 0.3 is 0 Å². The van der Waals surface area contributed by atoms with Gasteiger partial charge in [-0.05, 0) is 50.6 Å². The molecule has 0 aromatic heterocycles. The van der Waals surface area contributed by atoms with Crippen LogP contribution in [-0.2, 0) is 0 Å². The van der Waals surface area contributed by atoms with Crippen LogP contribution < -0.4 is 5.73 Å². The monoisotopic (exact) mass is 290 g/mol. The number of aliphatic hydroxyl groups excluding tert-OH is 1. The third-order valence-corrected chi connectivity index (χ3v) is 4.78.